The van der Waals surface area contributed by atoms with Gasteiger partial charge in [-0.05, 0) is 38.6 Å². The van der Waals surface area contributed by atoms with Crippen molar-refractivity contribution in [1.82, 2.24) is 20.4 Å². The summed E-state index contributed by atoms with van der Waals surface area (Å²) in [5, 5.41) is 7.67. The first-order chi connectivity index (χ1) is 11.3. The largest absolute Gasteiger partial charge is 0.433 e. The number of aryl methyl sites for hydroxylation is 1. The van der Waals surface area contributed by atoms with E-state index in [9.17, 15) is 13.2 Å². The summed E-state index contributed by atoms with van der Waals surface area (Å²) < 4.78 is 43.7. The van der Waals surface area contributed by atoms with Crippen LogP contribution in [-0.4, -0.2) is 28.2 Å². The maximum absolute atomic E-state index is 12.8. The van der Waals surface area contributed by atoms with Crippen molar-refractivity contribution in [1.29, 1.82) is 0 Å². The van der Waals surface area contributed by atoms with E-state index in [-0.39, 0.29) is 6.04 Å². The van der Waals surface area contributed by atoms with Crippen LogP contribution in [0.5, 0.6) is 0 Å². The molecule has 1 N–H and O–H groups in total. The van der Waals surface area contributed by atoms with Gasteiger partial charge in [-0.3, -0.25) is 0 Å². The van der Waals surface area contributed by atoms with Crippen molar-refractivity contribution in [2.75, 3.05) is 7.05 Å². The SMILES string of the molecule is CNC(C)Cc1noc(-c2sc3nc(C(F)(F)F)ccc3c2C)n1. The average molecular weight is 356 g/mol. The number of hydrogen-bond acceptors (Lipinski definition) is 6. The lowest BCUT2D eigenvalue weighted by atomic mass is 10.2. The molecule has 0 aliphatic carbocycles. The van der Waals surface area contributed by atoms with Gasteiger partial charge in [0.1, 0.15) is 10.5 Å². The van der Waals surface area contributed by atoms with Gasteiger partial charge in [0.15, 0.2) is 5.82 Å². The topological polar surface area (TPSA) is 63.8 Å². The van der Waals surface area contributed by atoms with Crippen LogP contribution in [0.15, 0.2) is 16.7 Å². The summed E-state index contributed by atoms with van der Waals surface area (Å²) >= 11 is 1.12. The zero-order chi connectivity index (χ0) is 17.5. The van der Waals surface area contributed by atoms with Gasteiger partial charge in [0.25, 0.3) is 5.89 Å². The van der Waals surface area contributed by atoms with E-state index in [0.717, 1.165) is 23.0 Å². The Morgan fingerprint density at radius 1 is 1.29 bits per heavy atom. The zero-order valence-corrected chi connectivity index (χ0v) is 14.0. The van der Waals surface area contributed by atoms with Crippen molar-refractivity contribution < 1.29 is 17.7 Å². The van der Waals surface area contributed by atoms with Gasteiger partial charge in [0.2, 0.25) is 0 Å². The second kappa shape index (κ2) is 6.14. The first-order valence-electron chi connectivity index (χ1n) is 7.27. The molecule has 3 rings (SSSR count). The van der Waals surface area contributed by atoms with E-state index in [1.54, 1.807) is 0 Å². The number of likely N-dealkylation sites (N-methyl/N-ethyl adjacent to an activating group) is 1. The van der Waals surface area contributed by atoms with Gasteiger partial charge >= 0.3 is 6.18 Å². The van der Waals surface area contributed by atoms with Crippen molar-refractivity contribution in [3.63, 3.8) is 0 Å². The molecule has 0 amide bonds. The van der Waals surface area contributed by atoms with Gasteiger partial charge in [-0.25, -0.2) is 4.98 Å². The zero-order valence-electron chi connectivity index (χ0n) is 13.2. The monoisotopic (exact) mass is 356 g/mol. The van der Waals surface area contributed by atoms with Crippen LogP contribution in [0, 0.1) is 6.92 Å². The molecule has 5 nitrogen and oxygen atoms in total. The van der Waals surface area contributed by atoms with E-state index in [1.807, 2.05) is 20.9 Å². The fourth-order valence-electron chi connectivity index (χ4n) is 2.27. The van der Waals surface area contributed by atoms with Crippen molar-refractivity contribution >= 4 is 21.6 Å². The third-order valence-electron chi connectivity index (χ3n) is 3.74. The molecule has 0 fully saturated rings. The first kappa shape index (κ1) is 16.8. The lowest BCUT2D eigenvalue weighted by Gasteiger charge is -2.04. The maximum Gasteiger partial charge on any atom is 0.433 e. The summed E-state index contributed by atoms with van der Waals surface area (Å²) in [4.78, 5) is 9.01. The molecule has 0 saturated carbocycles. The summed E-state index contributed by atoms with van der Waals surface area (Å²) in [5.74, 6) is 0.856. The molecule has 3 aromatic heterocycles. The van der Waals surface area contributed by atoms with Gasteiger partial charge in [-0.1, -0.05) is 5.16 Å². The fourth-order valence-corrected chi connectivity index (χ4v) is 3.37. The summed E-state index contributed by atoms with van der Waals surface area (Å²) in [7, 11) is 1.84. The van der Waals surface area contributed by atoms with E-state index in [2.05, 4.69) is 20.4 Å². The van der Waals surface area contributed by atoms with Gasteiger partial charge in [-0.2, -0.15) is 18.2 Å². The quantitative estimate of drug-likeness (QED) is 0.770. The standard InChI is InChI=1S/C15H15F3N4OS/c1-7(19-3)6-11-21-13(23-22-11)12-8(2)9-4-5-10(15(16,17)18)20-14(9)24-12/h4-5,7,19H,6H2,1-3H3. The van der Waals surface area contributed by atoms with Crippen LogP contribution in [0.2, 0.25) is 0 Å². The Bertz CT molecular complexity index is 871. The number of nitrogens with zero attached hydrogens (tertiary/aromatic N) is 3. The van der Waals surface area contributed by atoms with E-state index < -0.39 is 11.9 Å². The Hall–Kier alpha value is -2.00. The Labute approximate surface area is 139 Å². The summed E-state index contributed by atoms with van der Waals surface area (Å²) in [6, 6.07) is 2.61. The molecule has 0 saturated heterocycles. The summed E-state index contributed by atoms with van der Waals surface area (Å²) in [5.41, 5.74) is -0.120. The molecule has 3 heterocycles. The molecule has 1 unspecified atom stereocenters. The molecule has 0 spiro atoms. The van der Waals surface area contributed by atoms with Crippen LogP contribution < -0.4 is 5.32 Å². The lowest BCUT2D eigenvalue weighted by Crippen LogP contribution is -2.24. The number of hydrogen-bond donors (Lipinski definition) is 1. The highest BCUT2D eigenvalue weighted by Gasteiger charge is 2.33. The lowest BCUT2D eigenvalue weighted by molar-refractivity contribution is -0.140. The second-order valence-electron chi connectivity index (χ2n) is 5.51. The minimum Gasteiger partial charge on any atom is -0.333 e. The molecule has 0 aliphatic heterocycles. The molecule has 0 bridgehead atoms. The second-order valence-corrected chi connectivity index (χ2v) is 6.51. The van der Waals surface area contributed by atoms with Gasteiger partial charge in [0.05, 0.1) is 4.88 Å². The minimum absolute atomic E-state index is 0.190. The first-order valence-corrected chi connectivity index (χ1v) is 8.08. The molecule has 3 aromatic rings. The normalized spacial score (nSPS) is 13.6. The molecule has 9 heteroatoms. The van der Waals surface area contributed by atoms with Crippen molar-refractivity contribution in [3.05, 3.63) is 29.2 Å². The van der Waals surface area contributed by atoms with Crippen LogP contribution >= 0.6 is 11.3 Å². The highest BCUT2D eigenvalue weighted by atomic mass is 32.1. The van der Waals surface area contributed by atoms with Crippen LogP contribution in [0.3, 0.4) is 0 Å². The van der Waals surface area contributed by atoms with Crippen molar-refractivity contribution in [2.24, 2.45) is 0 Å². The number of aromatic nitrogens is 3. The molecule has 24 heavy (non-hydrogen) atoms. The van der Waals surface area contributed by atoms with E-state index in [4.69, 9.17) is 4.52 Å². The number of nitrogens with one attached hydrogen (secondary N) is 1. The van der Waals surface area contributed by atoms with Gasteiger partial charge in [-0.15, -0.1) is 11.3 Å². The minimum atomic E-state index is -4.47. The molecule has 0 aromatic carbocycles. The Balaban J connectivity index is 1.99. The number of rotatable bonds is 4. The van der Waals surface area contributed by atoms with Crippen LogP contribution in [0.25, 0.3) is 21.0 Å². The Morgan fingerprint density at radius 3 is 2.71 bits per heavy atom. The number of thiophene rings is 1. The number of pyridine rings is 1. The van der Waals surface area contributed by atoms with Gasteiger partial charge in [0, 0.05) is 17.8 Å². The van der Waals surface area contributed by atoms with Crippen LogP contribution in [0.4, 0.5) is 13.2 Å². The number of halogens is 3. The highest BCUT2D eigenvalue weighted by molar-refractivity contribution is 7.22. The third kappa shape index (κ3) is 3.13. The van der Waals surface area contributed by atoms with Gasteiger partial charge < -0.3 is 9.84 Å². The van der Waals surface area contributed by atoms with E-state index >= 15 is 0 Å². The van der Waals surface area contributed by atoms with Crippen molar-refractivity contribution in [2.45, 2.75) is 32.5 Å². The Kier molecular flexibility index (Phi) is 4.31. The smallest absolute Gasteiger partial charge is 0.333 e. The average Bonchev–Trinajstić information content (AvgIpc) is 3.10. The molecule has 128 valence electrons. The molecule has 0 aliphatic rings. The predicted octanol–water partition coefficient (Wildman–Crippen LogP) is 3.82. The predicted molar refractivity (Wildman–Crippen MR) is 84.9 cm³/mol. The molecular weight excluding hydrogens is 341 g/mol. The fraction of sp³-hybridized carbons (Fsp3) is 0.400. The van der Waals surface area contributed by atoms with Crippen molar-refractivity contribution in [3.8, 4) is 10.8 Å². The van der Waals surface area contributed by atoms with Crippen LogP contribution in [0.1, 0.15) is 24.0 Å². The molecule has 0 radical (unpaired) electrons. The number of fused-ring (bicyclic) bond motifs is 1. The van der Waals surface area contributed by atoms with E-state index in [0.29, 0.717) is 33.2 Å². The third-order valence-corrected chi connectivity index (χ3v) is 4.93. The van der Waals surface area contributed by atoms with E-state index in [1.165, 1.54) is 6.07 Å². The van der Waals surface area contributed by atoms with Crippen LogP contribution in [-0.2, 0) is 12.6 Å². The Morgan fingerprint density at radius 2 is 2.04 bits per heavy atom. The molecular formula is C15H15F3N4OS. The maximum atomic E-state index is 12.8. The molecule has 1 atom stereocenters. The highest BCUT2D eigenvalue weighted by Crippen LogP contribution is 2.38. The number of alkyl halides is 3. The summed E-state index contributed by atoms with van der Waals surface area (Å²) in [6.45, 7) is 3.80. The summed E-state index contributed by atoms with van der Waals surface area (Å²) in [6.07, 6.45) is -3.87.